The molecule has 3 aromatic rings. The fourth-order valence-corrected chi connectivity index (χ4v) is 3.04. The normalized spacial score (nSPS) is 15.2. The molecule has 1 saturated heterocycles. The van der Waals surface area contributed by atoms with Crippen molar-refractivity contribution in [3.63, 3.8) is 0 Å². The zero-order valence-corrected chi connectivity index (χ0v) is 13.9. The topological polar surface area (TPSA) is 86.2 Å². The molecule has 27 heavy (non-hydrogen) atoms. The number of anilines is 2. The van der Waals surface area contributed by atoms with E-state index in [0.717, 1.165) is 6.20 Å². The maximum atomic E-state index is 13.0. The summed E-state index contributed by atoms with van der Waals surface area (Å²) in [7, 11) is 0. The van der Waals surface area contributed by atoms with E-state index in [0.29, 0.717) is 37.8 Å². The molecule has 0 radical (unpaired) electrons. The molecule has 0 N–H and O–H groups in total. The molecule has 1 aliphatic heterocycles. The number of hydrogen-bond donors (Lipinski definition) is 0. The highest BCUT2D eigenvalue weighted by Crippen LogP contribution is 2.30. The lowest BCUT2D eigenvalue weighted by Crippen LogP contribution is -2.47. The summed E-state index contributed by atoms with van der Waals surface area (Å²) >= 11 is 0. The predicted molar refractivity (Wildman–Crippen MR) is 89.2 cm³/mol. The van der Waals surface area contributed by atoms with Crippen LogP contribution in [0, 0.1) is 11.3 Å². The summed E-state index contributed by atoms with van der Waals surface area (Å²) < 4.78 is 40.2. The number of rotatable bonds is 2. The maximum absolute atomic E-state index is 13.0. The van der Waals surface area contributed by atoms with Crippen molar-refractivity contribution < 1.29 is 13.2 Å². The van der Waals surface area contributed by atoms with E-state index in [4.69, 9.17) is 5.26 Å². The number of nitriles is 1. The van der Waals surface area contributed by atoms with Crippen LogP contribution in [0.4, 0.5) is 24.8 Å². The molecule has 138 valence electrons. The third-order valence-corrected chi connectivity index (χ3v) is 4.31. The molecular weight excluding hydrogens is 361 g/mol. The number of alkyl halides is 3. The molecule has 0 spiro atoms. The molecule has 1 fully saturated rings. The lowest BCUT2D eigenvalue weighted by Gasteiger charge is -2.36. The van der Waals surface area contributed by atoms with E-state index in [1.807, 2.05) is 15.9 Å². The summed E-state index contributed by atoms with van der Waals surface area (Å²) in [5, 5.41) is 9.16. The number of aromatic nitrogens is 5. The second-order valence-corrected chi connectivity index (χ2v) is 5.92. The minimum Gasteiger partial charge on any atom is -0.351 e. The van der Waals surface area contributed by atoms with Crippen molar-refractivity contribution in [1.29, 1.82) is 5.26 Å². The fraction of sp³-hybridized carbons (Fsp3) is 0.312. The first-order chi connectivity index (χ1) is 13.0. The van der Waals surface area contributed by atoms with Crippen LogP contribution < -0.4 is 9.80 Å². The van der Waals surface area contributed by atoms with E-state index in [2.05, 4.69) is 19.9 Å². The van der Waals surface area contributed by atoms with Crippen LogP contribution in [0.15, 0.2) is 31.0 Å². The molecular formula is C16H13F3N8. The molecule has 0 amide bonds. The Morgan fingerprint density at radius 3 is 2.22 bits per heavy atom. The van der Waals surface area contributed by atoms with Crippen molar-refractivity contribution in [2.45, 2.75) is 6.18 Å². The van der Waals surface area contributed by atoms with Gasteiger partial charge in [-0.15, -0.1) is 0 Å². The van der Waals surface area contributed by atoms with Gasteiger partial charge in [-0.25, -0.2) is 19.9 Å². The third-order valence-electron chi connectivity index (χ3n) is 4.31. The SMILES string of the molecule is N#Cc1nccnc1N1CCN(c2nccn3cc(C(F)(F)F)nc23)CC1. The third kappa shape index (κ3) is 3.10. The highest BCUT2D eigenvalue weighted by atomic mass is 19.4. The molecule has 0 saturated carbocycles. The molecule has 4 heterocycles. The Labute approximate surface area is 151 Å². The standard InChI is InChI=1S/C16H13F3N8/c17-16(18,19)12-10-27-4-3-23-14(15(27)24-12)26-7-5-25(6-8-26)13-11(9-20)21-1-2-22-13/h1-4,10H,5-8H2. The zero-order chi connectivity index (χ0) is 19.0. The first-order valence-corrected chi connectivity index (χ1v) is 8.09. The lowest BCUT2D eigenvalue weighted by molar-refractivity contribution is -0.140. The van der Waals surface area contributed by atoms with Gasteiger partial charge in [0.25, 0.3) is 0 Å². The first kappa shape index (κ1) is 17.0. The van der Waals surface area contributed by atoms with Gasteiger partial charge < -0.3 is 14.2 Å². The summed E-state index contributed by atoms with van der Waals surface area (Å²) in [4.78, 5) is 20.0. The fourth-order valence-electron chi connectivity index (χ4n) is 3.04. The highest BCUT2D eigenvalue weighted by Gasteiger charge is 2.35. The molecule has 8 nitrogen and oxygen atoms in total. The van der Waals surface area contributed by atoms with Gasteiger partial charge >= 0.3 is 6.18 Å². The van der Waals surface area contributed by atoms with Crippen LogP contribution in [-0.2, 0) is 6.18 Å². The van der Waals surface area contributed by atoms with Crippen molar-refractivity contribution in [1.82, 2.24) is 24.3 Å². The maximum Gasteiger partial charge on any atom is 0.434 e. The molecule has 4 rings (SSSR count). The number of hydrogen-bond acceptors (Lipinski definition) is 7. The van der Waals surface area contributed by atoms with E-state index in [1.54, 1.807) is 0 Å². The Balaban J connectivity index is 1.58. The van der Waals surface area contributed by atoms with Crippen LogP contribution in [0.1, 0.15) is 11.4 Å². The summed E-state index contributed by atoms with van der Waals surface area (Å²) in [6.45, 7) is 2.07. The van der Waals surface area contributed by atoms with Gasteiger partial charge in [0.05, 0.1) is 0 Å². The monoisotopic (exact) mass is 374 g/mol. The summed E-state index contributed by atoms with van der Waals surface area (Å²) in [5.41, 5.74) is -0.543. The van der Waals surface area contributed by atoms with Gasteiger partial charge in [0.1, 0.15) is 6.07 Å². The molecule has 11 heteroatoms. The molecule has 0 aliphatic carbocycles. The number of imidazole rings is 1. The van der Waals surface area contributed by atoms with E-state index in [1.165, 1.54) is 29.2 Å². The van der Waals surface area contributed by atoms with Crippen LogP contribution in [0.2, 0.25) is 0 Å². The largest absolute Gasteiger partial charge is 0.434 e. The molecule has 3 aromatic heterocycles. The zero-order valence-electron chi connectivity index (χ0n) is 13.9. The molecule has 0 bridgehead atoms. The van der Waals surface area contributed by atoms with Gasteiger partial charge in [0, 0.05) is 57.2 Å². The van der Waals surface area contributed by atoms with Crippen molar-refractivity contribution in [3.05, 3.63) is 42.4 Å². The number of piperazine rings is 1. The number of fused-ring (bicyclic) bond motifs is 1. The van der Waals surface area contributed by atoms with Crippen LogP contribution in [0.3, 0.4) is 0 Å². The summed E-state index contributed by atoms with van der Waals surface area (Å²) in [6, 6.07) is 2.02. The average molecular weight is 374 g/mol. The average Bonchev–Trinajstić information content (AvgIpc) is 3.13. The van der Waals surface area contributed by atoms with Crippen LogP contribution in [0.5, 0.6) is 0 Å². The van der Waals surface area contributed by atoms with Crippen molar-refractivity contribution >= 4 is 17.3 Å². The molecule has 0 aromatic carbocycles. The Kier molecular flexibility index (Phi) is 4.02. The number of nitrogens with zero attached hydrogens (tertiary/aromatic N) is 8. The van der Waals surface area contributed by atoms with Gasteiger partial charge in [-0.05, 0) is 0 Å². The van der Waals surface area contributed by atoms with Crippen molar-refractivity contribution in [3.8, 4) is 6.07 Å². The van der Waals surface area contributed by atoms with Crippen LogP contribution >= 0.6 is 0 Å². The van der Waals surface area contributed by atoms with Gasteiger partial charge in [0.2, 0.25) is 0 Å². The Hall–Kier alpha value is -3.42. The molecule has 1 aliphatic rings. The Bertz CT molecular complexity index is 1010. The smallest absolute Gasteiger partial charge is 0.351 e. The predicted octanol–water partition coefficient (Wildman–Crippen LogP) is 1.74. The van der Waals surface area contributed by atoms with Gasteiger partial charge in [-0.1, -0.05) is 0 Å². The van der Waals surface area contributed by atoms with Crippen molar-refractivity contribution in [2.75, 3.05) is 36.0 Å². The van der Waals surface area contributed by atoms with Crippen LogP contribution in [-0.4, -0.2) is 50.5 Å². The van der Waals surface area contributed by atoms with E-state index in [-0.39, 0.29) is 11.3 Å². The van der Waals surface area contributed by atoms with E-state index < -0.39 is 11.9 Å². The molecule has 0 unspecified atom stereocenters. The summed E-state index contributed by atoms with van der Waals surface area (Å²) in [6.07, 6.45) is 2.31. The molecule has 0 atom stereocenters. The Morgan fingerprint density at radius 2 is 1.56 bits per heavy atom. The minimum absolute atomic E-state index is 0.162. The highest BCUT2D eigenvalue weighted by molar-refractivity contribution is 5.65. The van der Waals surface area contributed by atoms with Crippen molar-refractivity contribution in [2.24, 2.45) is 0 Å². The lowest BCUT2D eigenvalue weighted by atomic mass is 10.3. The van der Waals surface area contributed by atoms with Crippen LogP contribution in [0.25, 0.3) is 5.65 Å². The quantitative estimate of drug-likeness (QED) is 0.675. The summed E-state index contributed by atoms with van der Waals surface area (Å²) in [5.74, 6) is 0.901. The van der Waals surface area contributed by atoms with Gasteiger partial charge in [-0.2, -0.15) is 18.4 Å². The first-order valence-electron chi connectivity index (χ1n) is 8.09. The van der Waals surface area contributed by atoms with Gasteiger partial charge in [-0.3, -0.25) is 0 Å². The van der Waals surface area contributed by atoms with Gasteiger partial charge in [0.15, 0.2) is 28.7 Å². The second kappa shape index (κ2) is 6.39. The number of halogens is 3. The minimum atomic E-state index is -4.51. The van der Waals surface area contributed by atoms with E-state index in [9.17, 15) is 13.2 Å². The van der Waals surface area contributed by atoms with E-state index >= 15 is 0 Å². The second-order valence-electron chi connectivity index (χ2n) is 5.92. The Morgan fingerprint density at radius 1 is 0.926 bits per heavy atom.